The van der Waals surface area contributed by atoms with Gasteiger partial charge in [0.2, 0.25) is 10.0 Å². The predicted octanol–water partition coefficient (Wildman–Crippen LogP) is 1.64. The summed E-state index contributed by atoms with van der Waals surface area (Å²) in [5.74, 6) is 0. The Morgan fingerprint density at radius 3 is 2.33 bits per heavy atom. The first-order valence-electron chi connectivity index (χ1n) is 5.13. The maximum Gasteiger partial charge on any atom is 0.407 e. The van der Waals surface area contributed by atoms with Crippen molar-refractivity contribution in [3.05, 3.63) is 24.3 Å². The topological polar surface area (TPSA) is 72.2 Å². The van der Waals surface area contributed by atoms with Crippen molar-refractivity contribution in [1.82, 2.24) is 4.72 Å². The molecule has 0 atom stereocenters. The van der Waals surface area contributed by atoms with Crippen molar-refractivity contribution in [2.45, 2.75) is 29.5 Å². The number of anilines is 1. The zero-order valence-electron chi connectivity index (χ0n) is 9.16. The van der Waals surface area contributed by atoms with Crippen molar-refractivity contribution in [2.24, 2.45) is 0 Å². The second-order valence-electron chi connectivity index (χ2n) is 4.26. The van der Waals surface area contributed by atoms with Gasteiger partial charge in [0.1, 0.15) is 5.54 Å². The number of alkyl halides is 3. The molecule has 0 aromatic heterocycles. The van der Waals surface area contributed by atoms with Crippen molar-refractivity contribution in [1.29, 1.82) is 0 Å². The van der Waals surface area contributed by atoms with Gasteiger partial charge in [0.15, 0.2) is 0 Å². The highest BCUT2D eigenvalue weighted by Crippen LogP contribution is 2.49. The Bertz CT molecular complexity index is 565. The van der Waals surface area contributed by atoms with Crippen LogP contribution in [0.25, 0.3) is 0 Å². The molecule has 1 aliphatic carbocycles. The van der Waals surface area contributed by atoms with E-state index in [-0.39, 0.29) is 23.4 Å². The Balaban J connectivity index is 2.29. The van der Waals surface area contributed by atoms with Gasteiger partial charge in [-0.15, -0.1) is 0 Å². The number of benzene rings is 1. The molecule has 1 saturated carbocycles. The molecule has 0 bridgehead atoms. The lowest BCUT2D eigenvalue weighted by Crippen LogP contribution is -2.47. The van der Waals surface area contributed by atoms with Gasteiger partial charge in [0.05, 0.1) is 4.90 Å². The zero-order valence-corrected chi connectivity index (χ0v) is 9.98. The molecule has 100 valence electrons. The van der Waals surface area contributed by atoms with Crippen LogP contribution < -0.4 is 10.5 Å². The van der Waals surface area contributed by atoms with Crippen LogP contribution in [-0.4, -0.2) is 20.1 Å². The molecule has 1 aromatic rings. The van der Waals surface area contributed by atoms with Gasteiger partial charge < -0.3 is 5.73 Å². The molecule has 0 saturated heterocycles. The van der Waals surface area contributed by atoms with Gasteiger partial charge >= 0.3 is 6.18 Å². The van der Waals surface area contributed by atoms with E-state index in [2.05, 4.69) is 0 Å². The Hall–Kier alpha value is -1.28. The highest BCUT2D eigenvalue weighted by Gasteiger charge is 2.65. The van der Waals surface area contributed by atoms with Gasteiger partial charge in [0.25, 0.3) is 0 Å². The first-order valence-corrected chi connectivity index (χ1v) is 6.61. The van der Waals surface area contributed by atoms with E-state index in [1.807, 2.05) is 0 Å². The number of nitrogens with one attached hydrogen (secondary N) is 1. The monoisotopic (exact) mass is 280 g/mol. The molecule has 1 fully saturated rings. The molecule has 0 unspecified atom stereocenters. The fourth-order valence-corrected chi connectivity index (χ4v) is 3.07. The molecule has 3 N–H and O–H groups in total. The van der Waals surface area contributed by atoms with Gasteiger partial charge in [-0.3, -0.25) is 0 Å². The second kappa shape index (κ2) is 3.86. The maximum atomic E-state index is 12.7. The standard InChI is InChI=1S/C10H11F3N2O2S/c11-10(12,13)9(4-5-9)15-18(16,17)8-3-1-2-7(14)6-8/h1-3,6,15H,4-5,14H2. The number of halogens is 3. The van der Waals surface area contributed by atoms with Gasteiger partial charge in [-0.1, -0.05) is 6.07 Å². The van der Waals surface area contributed by atoms with Gasteiger partial charge in [-0.2, -0.15) is 17.9 Å². The number of hydrogen-bond donors (Lipinski definition) is 2. The summed E-state index contributed by atoms with van der Waals surface area (Å²) in [7, 11) is -4.21. The minimum absolute atomic E-state index is 0.176. The van der Waals surface area contributed by atoms with E-state index in [1.54, 1.807) is 4.72 Å². The number of nitrogen functional groups attached to an aromatic ring is 1. The van der Waals surface area contributed by atoms with Crippen LogP contribution in [0.2, 0.25) is 0 Å². The average Bonchev–Trinajstić information content (AvgIpc) is 2.97. The Labute approximate surface area is 102 Å². The quantitative estimate of drug-likeness (QED) is 0.827. The summed E-state index contributed by atoms with van der Waals surface area (Å²) in [6, 6.07) is 5.15. The lowest BCUT2D eigenvalue weighted by Gasteiger charge is -2.20. The van der Waals surface area contributed by atoms with E-state index in [9.17, 15) is 21.6 Å². The Kier molecular flexibility index (Phi) is 2.82. The lowest BCUT2D eigenvalue weighted by molar-refractivity contribution is -0.160. The minimum Gasteiger partial charge on any atom is -0.399 e. The van der Waals surface area contributed by atoms with Crippen molar-refractivity contribution < 1.29 is 21.6 Å². The Morgan fingerprint density at radius 1 is 1.28 bits per heavy atom. The number of hydrogen-bond acceptors (Lipinski definition) is 3. The van der Waals surface area contributed by atoms with E-state index >= 15 is 0 Å². The molecule has 2 rings (SSSR count). The summed E-state index contributed by atoms with van der Waals surface area (Å²) >= 11 is 0. The summed E-state index contributed by atoms with van der Waals surface area (Å²) in [5.41, 5.74) is 3.27. The van der Waals surface area contributed by atoms with Gasteiger partial charge in [-0.25, -0.2) is 8.42 Å². The van der Waals surface area contributed by atoms with Crippen LogP contribution in [-0.2, 0) is 10.0 Å². The number of rotatable bonds is 3. The molecule has 0 amide bonds. The molecule has 0 radical (unpaired) electrons. The third-order valence-corrected chi connectivity index (χ3v) is 4.32. The third kappa shape index (κ3) is 2.30. The molecule has 4 nitrogen and oxygen atoms in total. The van der Waals surface area contributed by atoms with Crippen LogP contribution in [0, 0.1) is 0 Å². The van der Waals surface area contributed by atoms with Crippen molar-refractivity contribution in [3.63, 3.8) is 0 Å². The Morgan fingerprint density at radius 2 is 1.89 bits per heavy atom. The van der Waals surface area contributed by atoms with E-state index in [1.165, 1.54) is 18.2 Å². The normalized spacial score (nSPS) is 18.6. The molecule has 0 spiro atoms. The highest BCUT2D eigenvalue weighted by atomic mass is 32.2. The maximum absolute atomic E-state index is 12.7. The van der Waals surface area contributed by atoms with Gasteiger partial charge in [0, 0.05) is 5.69 Å². The molecule has 8 heteroatoms. The van der Waals surface area contributed by atoms with Crippen LogP contribution in [0.4, 0.5) is 18.9 Å². The van der Waals surface area contributed by atoms with Crippen molar-refractivity contribution in [2.75, 3.05) is 5.73 Å². The van der Waals surface area contributed by atoms with E-state index in [0.717, 1.165) is 6.07 Å². The number of sulfonamides is 1. The average molecular weight is 280 g/mol. The summed E-state index contributed by atoms with van der Waals surface area (Å²) < 4.78 is 63.4. The number of nitrogens with two attached hydrogens (primary N) is 1. The van der Waals surface area contributed by atoms with Gasteiger partial charge in [-0.05, 0) is 31.0 Å². The molecule has 1 aliphatic rings. The van der Waals surface area contributed by atoms with Crippen molar-refractivity contribution >= 4 is 15.7 Å². The van der Waals surface area contributed by atoms with E-state index in [4.69, 9.17) is 5.73 Å². The van der Waals surface area contributed by atoms with Crippen LogP contribution >= 0.6 is 0 Å². The van der Waals surface area contributed by atoms with Crippen molar-refractivity contribution in [3.8, 4) is 0 Å². The van der Waals surface area contributed by atoms with Crippen LogP contribution in [0.3, 0.4) is 0 Å². The summed E-state index contributed by atoms with van der Waals surface area (Å²) in [5, 5.41) is 0. The molecular formula is C10H11F3N2O2S. The smallest absolute Gasteiger partial charge is 0.399 e. The molecule has 18 heavy (non-hydrogen) atoms. The largest absolute Gasteiger partial charge is 0.407 e. The SMILES string of the molecule is Nc1cccc(S(=O)(=O)NC2(C(F)(F)F)CC2)c1. The predicted molar refractivity (Wildman–Crippen MR) is 59.2 cm³/mol. The summed E-state index contributed by atoms with van der Waals surface area (Å²) in [6.07, 6.45) is -5.06. The van der Waals surface area contributed by atoms with Crippen LogP contribution in [0.15, 0.2) is 29.2 Å². The second-order valence-corrected chi connectivity index (χ2v) is 5.94. The first-order chi connectivity index (χ1) is 8.16. The lowest BCUT2D eigenvalue weighted by atomic mass is 10.3. The molecule has 0 aliphatic heterocycles. The minimum atomic E-state index is -4.58. The van der Waals surface area contributed by atoms with Crippen LogP contribution in [0.1, 0.15) is 12.8 Å². The third-order valence-electron chi connectivity index (χ3n) is 2.79. The fourth-order valence-electron chi connectivity index (χ4n) is 1.57. The fraction of sp³-hybridized carbons (Fsp3) is 0.400. The summed E-state index contributed by atoms with van der Waals surface area (Å²) in [4.78, 5) is -0.266. The summed E-state index contributed by atoms with van der Waals surface area (Å²) in [6.45, 7) is 0. The zero-order chi connectivity index (χ0) is 13.6. The molecule has 1 aromatic carbocycles. The highest BCUT2D eigenvalue weighted by molar-refractivity contribution is 7.89. The van der Waals surface area contributed by atoms with Crippen LogP contribution in [0.5, 0.6) is 0 Å². The molecular weight excluding hydrogens is 269 g/mol. The first kappa shape index (κ1) is 13.2. The molecule has 0 heterocycles. The van der Waals surface area contributed by atoms with E-state index < -0.39 is 21.7 Å². The van der Waals surface area contributed by atoms with E-state index in [0.29, 0.717) is 0 Å².